The van der Waals surface area contributed by atoms with Crippen molar-refractivity contribution in [1.29, 1.82) is 0 Å². The fourth-order valence-electron chi connectivity index (χ4n) is 3.02. The highest BCUT2D eigenvalue weighted by atomic mass is 35.5. The summed E-state index contributed by atoms with van der Waals surface area (Å²) in [7, 11) is 0. The standard InChI is InChI=1S/C19H19F3N2O.ClH/c20-19(21,22)17(14-4-2-1-3-5-14)9-18(25)24-10-13-6-7-15-11-23-12-16(15)8-13;/h1-8,17,23H,9-12H2,(H,24,25);1H. The molecule has 0 radical (unpaired) electrons. The van der Waals surface area contributed by atoms with Gasteiger partial charge in [-0.3, -0.25) is 4.79 Å². The van der Waals surface area contributed by atoms with Gasteiger partial charge in [0.1, 0.15) is 0 Å². The van der Waals surface area contributed by atoms with E-state index in [9.17, 15) is 18.0 Å². The Bertz CT molecular complexity index is 750. The minimum Gasteiger partial charge on any atom is -0.352 e. The van der Waals surface area contributed by atoms with Gasteiger partial charge in [-0.1, -0.05) is 48.5 Å². The average molecular weight is 385 g/mol. The Morgan fingerprint density at radius 2 is 1.77 bits per heavy atom. The first-order chi connectivity index (χ1) is 11.9. The number of carbonyl (C=O) groups excluding carboxylic acids is 1. The van der Waals surface area contributed by atoms with Crippen molar-refractivity contribution in [2.45, 2.75) is 38.1 Å². The van der Waals surface area contributed by atoms with Crippen LogP contribution in [0.5, 0.6) is 0 Å². The van der Waals surface area contributed by atoms with E-state index in [-0.39, 0.29) is 24.5 Å². The predicted octanol–water partition coefficient (Wildman–Crippen LogP) is 4.06. The van der Waals surface area contributed by atoms with Gasteiger partial charge in [0.05, 0.1) is 5.92 Å². The second-order valence-corrected chi connectivity index (χ2v) is 6.19. The molecule has 1 heterocycles. The molecule has 0 saturated heterocycles. The van der Waals surface area contributed by atoms with Crippen LogP contribution in [0.15, 0.2) is 48.5 Å². The summed E-state index contributed by atoms with van der Waals surface area (Å²) in [5.74, 6) is -2.40. The van der Waals surface area contributed by atoms with Gasteiger partial charge in [0, 0.05) is 26.1 Å². The summed E-state index contributed by atoms with van der Waals surface area (Å²) < 4.78 is 39.9. The quantitative estimate of drug-likeness (QED) is 0.816. The molecule has 1 atom stereocenters. The Hall–Kier alpha value is -2.05. The molecular weight excluding hydrogens is 365 g/mol. The monoisotopic (exact) mass is 384 g/mol. The van der Waals surface area contributed by atoms with E-state index in [1.165, 1.54) is 23.3 Å². The average Bonchev–Trinajstić information content (AvgIpc) is 3.05. The number of hydrogen-bond acceptors (Lipinski definition) is 2. The van der Waals surface area contributed by atoms with Crippen molar-refractivity contribution >= 4 is 18.3 Å². The Labute approximate surface area is 156 Å². The highest BCUT2D eigenvalue weighted by Gasteiger charge is 2.41. The van der Waals surface area contributed by atoms with Gasteiger partial charge in [-0.2, -0.15) is 13.2 Å². The third-order valence-corrected chi connectivity index (χ3v) is 4.38. The van der Waals surface area contributed by atoms with Crippen LogP contribution in [0.3, 0.4) is 0 Å². The predicted molar refractivity (Wildman–Crippen MR) is 95.9 cm³/mol. The molecule has 3 nitrogen and oxygen atoms in total. The van der Waals surface area contributed by atoms with Crippen LogP contribution >= 0.6 is 12.4 Å². The van der Waals surface area contributed by atoms with Gasteiger partial charge in [0.25, 0.3) is 0 Å². The van der Waals surface area contributed by atoms with Crippen molar-refractivity contribution in [3.63, 3.8) is 0 Å². The number of rotatable bonds is 5. The second kappa shape index (κ2) is 8.56. The van der Waals surface area contributed by atoms with Crippen LogP contribution in [0.4, 0.5) is 13.2 Å². The maximum atomic E-state index is 13.3. The summed E-state index contributed by atoms with van der Waals surface area (Å²) in [6.07, 6.45) is -5.07. The number of halogens is 4. The first-order valence-corrected chi connectivity index (χ1v) is 8.13. The highest BCUT2D eigenvalue weighted by Crippen LogP contribution is 2.37. The van der Waals surface area contributed by atoms with Gasteiger partial charge in [0.15, 0.2) is 0 Å². The van der Waals surface area contributed by atoms with E-state index in [1.54, 1.807) is 18.2 Å². The molecule has 3 rings (SSSR count). The maximum Gasteiger partial charge on any atom is 0.396 e. The van der Waals surface area contributed by atoms with E-state index in [4.69, 9.17) is 0 Å². The summed E-state index contributed by atoms with van der Waals surface area (Å²) in [4.78, 5) is 12.1. The van der Waals surface area contributed by atoms with Crippen molar-refractivity contribution in [1.82, 2.24) is 10.6 Å². The van der Waals surface area contributed by atoms with Crippen LogP contribution in [-0.4, -0.2) is 12.1 Å². The molecule has 0 bridgehead atoms. The number of fused-ring (bicyclic) bond motifs is 1. The van der Waals surface area contributed by atoms with E-state index >= 15 is 0 Å². The van der Waals surface area contributed by atoms with E-state index < -0.39 is 24.4 Å². The zero-order valence-electron chi connectivity index (χ0n) is 14.0. The molecule has 2 aromatic rings. The molecule has 0 aliphatic carbocycles. The molecule has 1 unspecified atom stereocenters. The van der Waals surface area contributed by atoms with E-state index in [2.05, 4.69) is 10.6 Å². The number of alkyl halides is 3. The zero-order chi connectivity index (χ0) is 17.9. The van der Waals surface area contributed by atoms with Crippen LogP contribution in [0.1, 0.15) is 34.6 Å². The lowest BCUT2D eigenvalue weighted by Crippen LogP contribution is -2.30. The van der Waals surface area contributed by atoms with Crippen molar-refractivity contribution in [2.75, 3.05) is 0 Å². The lowest BCUT2D eigenvalue weighted by Gasteiger charge is -2.20. The van der Waals surface area contributed by atoms with Crippen LogP contribution in [0.2, 0.25) is 0 Å². The molecule has 1 aliphatic rings. The van der Waals surface area contributed by atoms with Crippen LogP contribution < -0.4 is 10.6 Å². The fourth-order valence-corrected chi connectivity index (χ4v) is 3.02. The Morgan fingerprint density at radius 3 is 2.46 bits per heavy atom. The van der Waals surface area contributed by atoms with Crippen molar-refractivity contribution < 1.29 is 18.0 Å². The van der Waals surface area contributed by atoms with E-state index in [0.29, 0.717) is 0 Å². The summed E-state index contributed by atoms with van der Waals surface area (Å²) in [6.45, 7) is 1.83. The first kappa shape index (κ1) is 20.3. The minimum absolute atomic E-state index is 0. The third-order valence-electron chi connectivity index (χ3n) is 4.38. The molecule has 0 spiro atoms. The molecule has 1 amide bonds. The largest absolute Gasteiger partial charge is 0.396 e. The maximum absolute atomic E-state index is 13.3. The third kappa shape index (κ3) is 4.99. The molecule has 0 fully saturated rings. The van der Waals surface area contributed by atoms with E-state index in [0.717, 1.165) is 18.7 Å². The molecule has 140 valence electrons. The zero-order valence-corrected chi connectivity index (χ0v) is 14.8. The van der Waals surface area contributed by atoms with Crippen LogP contribution in [0, 0.1) is 0 Å². The number of benzene rings is 2. The van der Waals surface area contributed by atoms with Crippen molar-refractivity contribution in [3.8, 4) is 0 Å². The number of amides is 1. The van der Waals surface area contributed by atoms with Gasteiger partial charge >= 0.3 is 6.18 Å². The second-order valence-electron chi connectivity index (χ2n) is 6.19. The minimum atomic E-state index is -4.46. The Balaban J connectivity index is 0.00000243. The van der Waals surface area contributed by atoms with Crippen molar-refractivity contribution in [2.24, 2.45) is 0 Å². The normalized spacial score (nSPS) is 14.3. The van der Waals surface area contributed by atoms with Crippen LogP contribution in [0.25, 0.3) is 0 Å². The SMILES string of the molecule is Cl.O=C(CC(c1ccccc1)C(F)(F)F)NCc1ccc2c(c1)CNC2. The van der Waals surface area contributed by atoms with Gasteiger partial charge in [-0.25, -0.2) is 0 Å². The fraction of sp³-hybridized carbons (Fsp3) is 0.316. The van der Waals surface area contributed by atoms with Crippen LogP contribution in [-0.2, 0) is 24.4 Å². The molecule has 0 aromatic heterocycles. The summed E-state index contributed by atoms with van der Waals surface area (Å²) >= 11 is 0. The number of nitrogens with one attached hydrogen (secondary N) is 2. The van der Waals surface area contributed by atoms with Gasteiger partial charge in [0.2, 0.25) is 5.91 Å². The lowest BCUT2D eigenvalue weighted by molar-refractivity contribution is -0.157. The summed E-state index contributed by atoms with van der Waals surface area (Å²) in [5.41, 5.74) is 3.38. The summed E-state index contributed by atoms with van der Waals surface area (Å²) in [5, 5.41) is 5.83. The molecule has 26 heavy (non-hydrogen) atoms. The number of carbonyl (C=O) groups is 1. The van der Waals surface area contributed by atoms with Gasteiger partial charge in [-0.05, 0) is 22.3 Å². The van der Waals surface area contributed by atoms with E-state index in [1.807, 2.05) is 18.2 Å². The smallest absolute Gasteiger partial charge is 0.352 e. The lowest BCUT2D eigenvalue weighted by atomic mass is 9.94. The Kier molecular flexibility index (Phi) is 6.67. The van der Waals surface area contributed by atoms with Gasteiger partial charge < -0.3 is 10.6 Å². The molecule has 7 heteroatoms. The molecule has 2 N–H and O–H groups in total. The highest BCUT2D eigenvalue weighted by molar-refractivity contribution is 5.85. The van der Waals surface area contributed by atoms with Crippen molar-refractivity contribution in [3.05, 3.63) is 70.8 Å². The molecule has 0 saturated carbocycles. The number of hydrogen-bond donors (Lipinski definition) is 2. The molecule has 2 aromatic carbocycles. The molecule has 1 aliphatic heterocycles. The topological polar surface area (TPSA) is 41.1 Å². The first-order valence-electron chi connectivity index (χ1n) is 8.13. The molecular formula is C19H20ClF3N2O. The Morgan fingerprint density at radius 1 is 1.08 bits per heavy atom. The summed E-state index contributed by atoms with van der Waals surface area (Å²) in [6, 6.07) is 13.4. The van der Waals surface area contributed by atoms with Gasteiger partial charge in [-0.15, -0.1) is 12.4 Å².